The van der Waals surface area contributed by atoms with Gasteiger partial charge in [0.2, 0.25) is 0 Å². The van der Waals surface area contributed by atoms with E-state index in [1.54, 1.807) is 6.07 Å². The van der Waals surface area contributed by atoms with Crippen LogP contribution in [0.2, 0.25) is 5.02 Å². The van der Waals surface area contributed by atoms with Gasteiger partial charge in [-0.25, -0.2) is 0 Å². The molecule has 6 nitrogen and oxygen atoms in total. The predicted octanol–water partition coefficient (Wildman–Crippen LogP) is 4.13. The van der Waals surface area contributed by atoms with Gasteiger partial charge in [0.25, 0.3) is 5.56 Å². The first kappa shape index (κ1) is 17.5. The van der Waals surface area contributed by atoms with Crippen LogP contribution in [-0.2, 0) is 12.0 Å². The Morgan fingerprint density at radius 3 is 2.74 bits per heavy atom. The van der Waals surface area contributed by atoms with E-state index >= 15 is 0 Å². The van der Waals surface area contributed by atoms with Gasteiger partial charge in [0, 0.05) is 39.6 Å². The molecule has 3 heterocycles. The van der Waals surface area contributed by atoms with Crippen molar-refractivity contribution in [2.45, 2.75) is 32.7 Å². The van der Waals surface area contributed by atoms with Crippen molar-refractivity contribution in [2.75, 3.05) is 5.32 Å². The molecule has 0 unspecified atom stereocenters. The number of nitrogens with one attached hydrogen (secondary N) is 2. The molecular weight excluding hydrogens is 362 g/mol. The summed E-state index contributed by atoms with van der Waals surface area (Å²) in [7, 11) is 0. The van der Waals surface area contributed by atoms with Gasteiger partial charge in [0.15, 0.2) is 5.65 Å². The fourth-order valence-electron chi connectivity index (χ4n) is 3.06. The third kappa shape index (κ3) is 3.40. The van der Waals surface area contributed by atoms with Crippen LogP contribution in [0, 0.1) is 0 Å². The number of anilines is 1. The average molecular weight is 382 g/mol. The highest BCUT2D eigenvalue weighted by Gasteiger charge is 2.20. The van der Waals surface area contributed by atoms with Gasteiger partial charge in [-0.1, -0.05) is 32.4 Å². The molecule has 4 aromatic rings. The molecule has 0 radical (unpaired) electrons. The van der Waals surface area contributed by atoms with E-state index in [2.05, 4.69) is 41.3 Å². The van der Waals surface area contributed by atoms with E-state index in [0.29, 0.717) is 17.1 Å². The van der Waals surface area contributed by atoms with E-state index in [0.717, 1.165) is 28.1 Å². The monoisotopic (exact) mass is 381 g/mol. The maximum atomic E-state index is 12.3. The van der Waals surface area contributed by atoms with Crippen LogP contribution in [0.1, 0.15) is 32.2 Å². The normalized spacial score (nSPS) is 12.0. The second-order valence-electron chi connectivity index (χ2n) is 7.63. The zero-order valence-electron chi connectivity index (χ0n) is 15.4. The first-order valence-electron chi connectivity index (χ1n) is 8.72. The van der Waals surface area contributed by atoms with Crippen LogP contribution in [-0.4, -0.2) is 19.6 Å². The zero-order valence-corrected chi connectivity index (χ0v) is 16.1. The van der Waals surface area contributed by atoms with E-state index in [1.807, 2.05) is 40.9 Å². The lowest BCUT2D eigenvalue weighted by molar-refractivity contribution is 0.539. The Hall–Kier alpha value is -2.86. The van der Waals surface area contributed by atoms with Crippen LogP contribution in [0.25, 0.3) is 16.6 Å². The highest BCUT2D eigenvalue weighted by molar-refractivity contribution is 6.31. The minimum atomic E-state index is -0.118. The summed E-state index contributed by atoms with van der Waals surface area (Å²) in [6, 6.07) is 11.1. The summed E-state index contributed by atoms with van der Waals surface area (Å²) in [4.78, 5) is 15.2. The fourth-order valence-corrected chi connectivity index (χ4v) is 3.24. The number of fused-ring (bicyclic) bond motifs is 2. The average Bonchev–Trinajstić information content (AvgIpc) is 3.04. The van der Waals surface area contributed by atoms with Gasteiger partial charge >= 0.3 is 0 Å². The summed E-state index contributed by atoms with van der Waals surface area (Å²) in [6.07, 6.45) is 1.96. The largest absolute Gasteiger partial charge is 0.380 e. The molecule has 0 fully saturated rings. The van der Waals surface area contributed by atoms with E-state index < -0.39 is 0 Å². The van der Waals surface area contributed by atoms with Crippen molar-refractivity contribution in [3.63, 3.8) is 0 Å². The maximum Gasteiger partial charge on any atom is 0.253 e. The van der Waals surface area contributed by atoms with E-state index in [9.17, 15) is 4.79 Å². The number of halogens is 1. The van der Waals surface area contributed by atoms with E-state index in [4.69, 9.17) is 11.6 Å². The second kappa shape index (κ2) is 6.39. The summed E-state index contributed by atoms with van der Waals surface area (Å²) in [5.74, 6) is 0.888. The number of rotatable bonds is 3. The Morgan fingerprint density at radius 2 is 1.96 bits per heavy atom. The molecule has 0 aliphatic rings. The van der Waals surface area contributed by atoms with Crippen LogP contribution in [0.3, 0.4) is 0 Å². The number of H-pyrrole nitrogens is 1. The standard InChI is InChI=1S/C20H20ClN5O/c1-20(2,3)19-25-24-17-7-5-15(11-26(17)19)22-10-13-8-12-9-14(21)4-6-16(12)23-18(13)27/h4-9,11,22H,10H2,1-3H3,(H,23,27). The van der Waals surface area contributed by atoms with Crippen LogP contribution in [0.5, 0.6) is 0 Å². The maximum absolute atomic E-state index is 12.3. The van der Waals surface area contributed by atoms with Crippen molar-refractivity contribution in [2.24, 2.45) is 0 Å². The summed E-state index contributed by atoms with van der Waals surface area (Å²) in [5.41, 5.74) is 2.87. The minimum Gasteiger partial charge on any atom is -0.380 e. The number of benzene rings is 1. The van der Waals surface area contributed by atoms with Gasteiger partial charge in [-0.3, -0.25) is 9.20 Å². The number of aromatic nitrogens is 4. The Bertz CT molecular complexity index is 1200. The first-order chi connectivity index (χ1) is 12.8. The van der Waals surface area contributed by atoms with Crippen molar-refractivity contribution in [1.29, 1.82) is 0 Å². The minimum absolute atomic E-state index is 0.113. The topological polar surface area (TPSA) is 75.1 Å². The Labute approximate surface area is 161 Å². The van der Waals surface area contributed by atoms with Crippen molar-refractivity contribution in [3.8, 4) is 0 Å². The molecule has 0 atom stereocenters. The van der Waals surface area contributed by atoms with Crippen LogP contribution >= 0.6 is 11.6 Å². The third-order valence-corrected chi connectivity index (χ3v) is 4.67. The van der Waals surface area contributed by atoms with Gasteiger partial charge in [-0.05, 0) is 36.4 Å². The molecule has 138 valence electrons. The quantitative estimate of drug-likeness (QED) is 0.559. The number of pyridine rings is 2. The smallest absolute Gasteiger partial charge is 0.253 e. The Kier molecular flexibility index (Phi) is 4.15. The van der Waals surface area contributed by atoms with Crippen molar-refractivity contribution < 1.29 is 0 Å². The lowest BCUT2D eigenvalue weighted by atomic mass is 9.96. The molecule has 2 N–H and O–H groups in total. The molecule has 0 spiro atoms. The number of aromatic amines is 1. The third-order valence-electron chi connectivity index (χ3n) is 4.44. The van der Waals surface area contributed by atoms with Crippen molar-refractivity contribution in [1.82, 2.24) is 19.6 Å². The second-order valence-corrected chi connectivity index (χ2v) is 8.06. The SMILES string of the molecule is CC(C)(C)c1nnc2ccc(NCc3cc4cc(Cl)ccc4[nH]c3=O)cn12. The fraction of sp³-hybridized carbons (Fsp3) is 0.250. The van der Waals surface area contributed by atoms with E-state index in [1.165, 1.54) is 0 Å². The molecule has 0 aliphatic heterocycles. The van der Waals surface area contributed by atoms with Crippen molar-refractivity contribution in [3.05, 3.63) is 69.4 Å². The molecule has 0 amide bonds. The molecule has 4 rings (SSSR count). The first-order valence-corrected chi connectivity index (χ1v) is 9.10. The molecule has 0 bridgehead atoms. The summed E-state index contributed by atoms with van der Waals surface area (Å²) in [6.45, 7) is 6.70. The van der Waals surface area contributed by atoms with Gasteiger partial charge in [0.1, 0.15) is 5.82 Å². The van der Waals surface area contributed by atoms with Gasteiger partial charge in [-0.15, -0.1) is 10.2 Å². The molecular formula is C20H20ClN5O. The molecule has 3 aromatic heterocycles. The summed E-state index contributed by atoms with van der Waals surface area (Å²) >= 11 is 6.06. The number of hydrogen-bond donors (Lipinski definition) is 2. The molecule has 0 saturated carbocycles. The Morgan fingerprint density at radius 1 is 1.15 bits per heavy atom. The molecule has 0 saturated heterocycles. The summed E-state index contributed by atoms with van der Waals surface area (Å²) in [5, 5.41) is 13.4. The zero-order chi connectivity index (χ0) is 19.2. The Balaban J connectivity index is 1.64. The molecule has 0 aliphatic carbocycles. The van der Waals surface area contributed by atoms with Gasteiger partial charge < -0.3 is 10.3 Å². The van der Waals surface area contributed by atoms with Crippen LogP contribution in [0.4, 0.5) is 5.69 Å². The van der Waals surface area contributed by atoms with Crippen LogP contribution < -0.4 is 10.9 Å². The predicted molar refractivity (Wildman–Crippen MR) is 109 cm³/mol. The lowest BCUT2D eigenvalue weighted by Crippen LogP contribution is -2.17. The molecule has 1 aromatic carbocycles. The summed E-state index contributed by atoms with van der Waals surface area (Å²) < 4.78 is 1.98. The van der Waals surface area contributed by atoms with Gasteiger partial charge in [0.05, 0.1) is 5.69 Å². The van der Waals surface area contributed by atoms with Gasteiger partial charge in [-0.2, -0.15) is 0 Å². The molecule has 27 heavy (non-hydrogen) atoms. The highest BCUT2D eigenvalue weighted by Crippen LogP contribution is 2.22. The van der Waals surface area contributed by atoms with Crippen molar-refractivity contribution >= 4 is 33.8 Å². The molecule has 7 heteroatoms. The van der Waals surface area contributed by atoms with E-state index in [-0.39, 0.29) is 11.0 Å². The highest BCUT2D eigenvalue weighted by atomic mass is 35.5. The number of hydrogen-bond acceptors (Lipinski definition) is 4. The lowest BCUT2D eigenvalue weighted by Gasteiger charge is -2.16. The number of nitrogens with zero attached hydrogens (tertiary/aromatic N) is 3. The van der Waals surface area contributed by atoms with Crippen LogP contribution in [0.15, 0.2) is 47.4 Å².